The molecule has 2 heterocycles. The summed E-state index contributed by atoms with van der Waals surface area (Å²) in [6.45, 7) is 0. The molecule has 2 atom stereocenters. The molecular formula is C17H16N2O3. The number of nitrogens with zero attached hydrogens (tertiary/aromatic N) is 2. The summed E-state index contributed by atoms with van der Waals surface area (Å²) in [5, 5.41) is 20.9. The Balaban J connectivity index is 2.05. The zero-order valence-corrected chi connectivity index (χ0v) is 12.0. The van der Waals surface area contributed by atoms with Crippen LogP contribution in [0.25, 0.3) is 11.0 Å². The lowest BCUT2D eigenvalue weighted by Crippen LogP contribution is -2.11. The minimum absolute atomic E-state index is 0.433. The maximum atomic E-state index is 10.5. The first-order valence-corrected chi connectivity index (χ1v) is 6.91. The first-order chi connectivity index (χ1) is 10.7. The number of benzene rings is 1. The second-order valence-corrected chi connectivity index (χ2v) is 4.92. The number of fused-ring (bicyclic) bond motifs is 1. The average Bonchev–Trinajstić information content (AvgIpc) is 2.60. The molecule has 2 N–H and O–H groups in total. The molecule has 0 saturated carbocycles. The van der Waals surface area contributed by atoms with Gasteiger partial charge in [-0.15, -0.1) is 0 Å². The third-order valence-corrected chi connectivity index (χ3v) is 3.56. The second-order valence-electron chi connectivity index (χ2n) is 4.92. The fraction of sp³-hybridized carbons (Fsp3) is 0.176. The Bertz CT molecular complexity index is 777. The van der Waals surface area contributed by atoms with Crippen LogP contribution in [0.15, 0.2) is 54.7 Å². The highest BCUT2D eigenvalue weighted by Gasteiger charge is 2.23. The predicted octanol–water partition coefficient (Wildman–Crippen LogP) is 2.41. The number of pyridine rings is 2. The summed E-state index contributed by atoms with van der Waals surface area (Å²) < 4.78 is 5.12. The molecule has 0 aliphatic heterocycles. The summed E-state index contributed by atoms with van der Waals surface area (Å²) in [5.74, 6) is 0.433. The number of hydrogen-bond acceptors (Lipinski definition) is 5. The number of aliphatic hydroxyl groups is 2. The summed E-state index contributed by atoms with van der Waals surface area (Å²) in [6, 6.07) is 14.2. The highest BCUT2D eigenvalue weighted by Crippen LogP contribution is 2.32. The Morgan fingerprint density at radius 3 is 2.45 bits per heavy atom. The largest absolute Gasteiger partial charge is 0.481 e. The summed E-state index contributed by atoms with van der Waals surface area (Å²) in [7, 11) is 1.53. The van der Waals surface area contributed by atoms with Gasteiger partial charge in [-0.1, -0.05) is 30.3 Å². The molecule has 0 radical (unpaired) electrons. The summed E-state index contributed by atoms with van der Waals surface area (Å²) in [5.41, 5.74) is 2.31. The van der Waals surface area contributed by atoms with Crippen LogP contribution in [-0.2, 0) is 0 Å². The first-order valence-electron chi connectivity index (χ1n) is 6.91. The number of aromatic nitrogens is 2. The lowest BCUT2D eigenvalue weighted by molar-refractivity contribution is 0.0180. The lowest BCUT2D eigenvalue weighted by atomic mass is 9.98. The zero-order valence-electron chi connectivity index (χ0n) is 12.0. The Morgan fingerprint density at radius 1 is 0.955 bits per heavy atom. The van der Waals surface area contributed by atoms with Gasteiger partial charge in [0.15, 0.2) is 0 Å². The topological polar surface area (TPSA) is 75.5 Å². The molecule has 5 heteroatoms. The maximum absolute atomic E-state index is 10.5. The van der Waals surface area contributed by atoms with Crippen LogP contribution in [0.1, 0.15) is 23.3 Å². The molecule has 0 fully saturated rings. The van der Waals surface area contributed by atoms with Crippen molar-refractivity contribution in [1.29, 1.82) is 0 Å². The minimum atomic E-state index is -1.10. The van der Waals surface area contributed by atoms with Crippen molar-refractivity contribution in [3.8, 4) is 5.88 Å². The van der Waals surface area contributed by atoms with Crippen LogP contribution >= 0.6 is 0 Å². The summed E-state index contributed by atoms with van der Waals surface area (Å²) >= 11 is 0. The molecule has 0 bridgehead atoms. The molecule has 0 amide bonds. The fourth-order valence-corrected chi connectivity index (χ4v) is 2.38. The van der Waals surface area contributed by atoms with Crippen molar-refractivity contribution in [2.24, 2.45) is 0 Å². The van der Waals surface area contributed by atoms with Gasteiger partial charge in [-0.3, -0.25) is 4.98 Å². The molecule has 1 aromatic carbocycles. The van der Waals surface area contributed by atoms with Gasteiger partial charge in [0.25, 0.3) is 0 Å². The molecule has 3 rings (SSSR count). The van der Waals surface area contributed by atoms with Gasteiger partial charge in [0.05, 0.1) is 18.1 Å². The van der Waals surface area contributed by atoms with Crippen LogP contribution < -0.4 is 4.74 Å². The van der Waals surface area contributed by atoms with E-state index in [4.69, 9.17) is 4.74 Å². The molecule has 0 saturated heterocycles. The molecule has 5 nitrogen and oxygen atoms in total. The van der Waals surface area contributed by atoms with Gasteiger partial charge in [-0.05, 0) is 17.7 Å². The Labute approximate surface area is 127 Å². The number of methoxy groups -OCH3 is 1. The summed E-state index contributed by atoms with van der Waals surface area (Å²) in [4.78, 5) is 8.56. The van der Waals surface area contributed by atoms with E-state index in [1.165, 1.54) is 7.11 Å². The van der Waals surface area contributed by atoms with E-state index in [2.05, 4.69) is 9.97 Å². The van der Waals surface area contributed by atoms with Crippen molar-refractivity contribution >= 4 is 11.0 Å². The standard InChI is InChI=1S/C17H16N2O3/c1-22-14-8-7-13-15(19-14)12(9-10-18-13)17(21)16(20)11-5-3-2-4-6-11/h2-10,16-17,20-21H,1H3. The molecular weight excluding hydrogens is 280 g/mol. The second kappa shape index (κ2) is 6.09. The third-order valence-electron chi connectivity index (χ3n) is 3.56. The normalized spacial score (nSPS) is 13.8. The van der Waals surface area contributed by atoms with E-state index in [9.17, 15) is 10.2 Å². The van der Waals surface area contributed by atoms with Crippen molar-refractivity contribution < 1.29 is 14.9 Å². The van der Waals surface area contributed by atoms with Crippen LogP contribution in [0.2, 0.25) is 0 Å². The van der Waals surface area contributed by atoms with Gasteiger partial charge < -0.3 is 14.9 Å². The molecule has 22 heavy (non-hydrogen) atoms. The molecule has 112 valence electrons. The molecule has 0 aliphatic rings. The van der Waals surface area contributed by atoms with E-state index in [1.807, 2.05) is 18.2 Å². The quantitative estimate of drug-likeness (QED) is 0.773. The van der Waals surface area contributed by atoms with Gasteiger partial charge in [-0.25, -0.2) is 4.98 Å². The van der Waals surface area contributed by atoms with Gasteiger partial charge in [0.1, 0.15) is 12.2 Å². The molecule has 0 aliphatic carbocycles. The highest BCUT2D eigenvalue weighted by atomic mass is 16.5. The zero-order chi connectivity index (χ0) is 15.5. The van der Waals surface area contributed by atoms with E-state index in [0.717, 1.165) is 0 Å². The third kappa shape index (κ3) is 2.64. The molecule has 2 aromatic heterocycles. The lowest BCUT2D eigenvalue weighted by Gasteiger charge is -2.19. The van der Waals surface area contributed by atoms with E-state index < -0.39 is 12.2 Å². The SMILES string of the molecule is COc1ccc2nccc(C(O)C(O)c3ccccc3)c2n1. The summed E-state index contributed by atoms with van der Waals surface area (Å²) in [6.07, 6.45) is -0.556. The van der Waals surface area contributed by atoms with Crippen LogP contribution in [0.5, 0.6) is 5.88 Å². The van der Waals surface area contributed by atoms with Crippen LogP contribution in [0.4, 0.5) is 0 Å². The van der Waals surface area contributed by atoms with Crippen molar-refractivity contribution in [2.45, 2.75) is 12.2 Å². The average molecular weight is 296 g/mol. The minimum Gasteiger partial charge on any atom is -0.481 e. The highest BCUT2D eigenvalue weighted by molar-refractivity contribution is 5.78. The van der Waals surface area contributed by atoms with Gasteiger partial charge in [-0.2, -0.15) is 0 Å². The monoisotopic (exact) mass is 296 g/mol. The van der Waals surface area contributed by atoms with Crippen molar-refractivity contribution in [1.82, 2.24) is 9.97 Å². The smallest absolute Gasteiger partial charge is 0.213 e. The number of rotatable bonds is 4. The van der Waals surface area contributed by atoms with Crippen LogP contribution in [0, 0.1) is 0 Å². The van der Waals surface area contributed by atoms with Gasteiger partial charge in [0, 0.05) is 17.8 Å². The maximum Gasteiger partial charge on any atom is 0.213 e. The van der Waals surface area contributed by atoms with Gasteiger partial charge >= 0.3 is 0 Å². The van der Waals surface area contributed by atoms with Crippen LogP contribution in [0.3, 0.4) is 0 Å². The first kappa shape index (κ1) is 14.4. The number of ether oxygens (including phenoxy) is 1. The van der Waals surface area contributed by atoms with Gasteiger partial charge in [0.2, 0.25) is 5.88 Å². The van der Waals surface area contributed by atoms with E-state index in [-0.39, 0.29) is 0 Å². The Hall–Kier alpha value is -2.50. The van der Waals surface area contributed by atoms with Crippen LogP contribution in [-0.4, -0.2) is 27.3 Å². The Morgan fingerprint density at radius 2 is 1.73 bits per heavy atom. The predicted molar refractivity (Wildman–Crippen MR) is 82.5 cm³/mol. The van der Waals surface area contributed by atoms with E-state index >= 15 is 0 Å². The number of hydrogen-bond donors (Lipinski definition) is 2. The van der Waals surface area contributed by atoms with E-state index in [0.29, 0.717) is 28.0 Å². The van der Waals surface area contributed by atoms with Crippen molar-refractivity contribution in [3.63, 3.8) is 0 Å². The van der Waals surface area contributed by atoms with Crippen molar-refractivity contribution in [3.05, 3.63) is 65.9 Å². The van der Waals surface area contributed by atoms with E-state index in [1.54, 1.807) is 36.5 Å². The van der Waals surface area contributed by atoms with Crippen molar-refractivity contribution in [2.75, 3.05) is 7.11 Å². The fourth-order valence-electron chi connectivity index (χ4n) is 2.38. The molecule has 0 spiro atoms. The molecule has 3 aromatic rings. The Kier molecular flexibility index (Phi) is 4.00. The molecule has 2 unspecified atom stereocenters. The number of aliphatic hydroxyl groups excluding tert-OH is 2.